The summed E-state index contributed by atoms with van der Waals surface area (Å²) in [5.41, 5.74) is -0.655. The molecular weight excluding hydrogens is 237 g/mol. The van der Waals surface area contributed by atoms with Crippen molar-refractivity contribution in [2.75, 3.05) is 7.05 Å². The molecule has 15 heavy (non-hydrogen) atoms. The maximum Gasteiger partial charge on any atom is 0.404 e. The summed E-state index contributed by atoms with van der Waals surface area (Å²) in [4.78, 5) is 13.1. The van der Waals surface area contributed by atoms with Crippen molar-refractivity contribution in [1.29, 1.82) is 0 Å². The molecule has 88 valence electrons. The minimum absolute atomic E-state index is 0. The number of carbonyl (C=O) groups excluding carboxylic acids is 1. The van der Waals surface area contributed by atoms with Crippen LogP contribution >= 0.6 is 24.0 Å². The van der Waals surface area contributed by atoms with Gasteiger partial charge in [0.25, 0.3) is 0 Å². The van der Waals surface area contributed by atoms with Gasteiger partial charge in [-0.1, -0.05) is 6.42 Å². The number of piperidine rings is 2. The van der Waals surface area contributed by atoms with Gasteiger partial charge in [-0.2, -0.15) is 0 Å². The minimum atomic E-state index is -0.655. The highest BCUT2D eigenvalue weighted by molar-refractivity contribution is 6.61. The van der Waals surface area contributed by atoms with Crippen molar-refractivity contribution in [2.45, 2.75) is 50.3 Å². The van der Waals surface area contributed by atoms with E-state index in [1.807, 2.05) is 0 Å². The third-order valence-corrected chi connectivity index (χ3v) is 3.64. The highest BCUT2D eigenvalue weighted by atomic mass is 35.5. The van der Waals surface area contributed by atoms with Crippen LogP contribution in [0.1, 0.15) is 32.1 Å². The Morgan fingerprint density at radius 3 is 2.33 bits per heavy atom. The Balaban J connectivity index is 0.00000112. The summed E-state index contributed by atoms with van der Waals surface area (Å²) in [5.74, 6) is 0. The third kappa shape index (κ3) is 2.99. The Morgan fingerprint density at radius 1 is 1.33 bits per heavy atom. The summed E-state index contributed by atoms with van der Waals surface area (Å²) in [6, 6.07) is 1.17. The van der Waals surface area contributed by atoms with E-state index in [0.29, 0.717) is 12.1 Å². The lowest BCUT2D eigenvalue weighted by atomic mass is 9.83. The number of carbonyl (C=O) groups is 1. The minimum Gasteiger partial charge on any atom is -0.450 e. The van der Waals surface area contributed by atoms with Crippen molar-refractivity contribution < 1.29 is 9.53 Å². The number of fused-ring (bicyclic) bond motifs is 2. The second kappa shape index (κ2) is 5.37. The molecule has 5 heteroatoms. The van der Waals surface area contributed by atoms with Crippen LogP contribution < -0.4 is 0 Å². The molecule has 2 fully saturated rings. The van der Waals surface area contributed by atoms with Crippen LogP contribution in [0.3, 0.4) is 0 Å². The standard InChI is InChI=1S/C10H16ClNO2.ClH/c1-12-7-3-2-4-8(12)6-9(5-7)14-10(11)13;/h7-9H,2-6H2,1H3;1H/t7-,8+,9-;. The molecule has 2 heterocycles. The predicted molar refractivity (Wildman–Crippen MR) is 61.8 cm³/mol. The van der Waals surface area contributed by atoms with Crippen LogP contribution in [-0.2, 0) is 4.74 Å². The number of rotatable bonds is 1. The molecule has 0 unspecified atom stereocenters. The lowest BCUT2D eigenvalue weighted by molar-refractivity contribution is -0.0133. The van der Waals surface area contributed by atoms with Crippen LogP contribution in [0.25, 0.3) is 0 Å². The van der Waals surface area contributed by atoms with E-state index in [1.54, 1.807) is 0 Å². The van der Waals surface area contributed by atoms with Gasteiger partial charge in [0.2, 0.25) is 0 Å². The zero-order valence-electron chi connectivity index (χ0n) is 8.82. The number of hydrogen-bond donors (Lipinski definition) is 0. The molecule has 0 aromatic carbocycles. The van der Waals surface area contributed by atoms with Crippen LogP contribution in [0.4, 0.5) is 4.79 Å². The number of ether oxygens (including phenoxy) is 1. The molecule has 2 rings (SSSR count). The first-order chi connectivity index (χ1) is 6.66. The fourth-order valence-corrected chi connectivity index (χ4v) is 2.92. The molecular formula is C10H17Cl2NO2. The second-order valence-corrected chi connectivity index (χ2v) is 4.66. The van der Waals surface area contributed by atoms with Gasteiger partial charge < -0.3 is 9.64 Å². The Kier molecular flexibility index (Phi) is 4.68. The zero-order chi connectivity index (χ0) is 10.1. The monoisotopic (exact) mass is 253 g/mol. The molecule has 0 spiro atoms. The van der Waals surface area contributed by atoms with Crippen LogP contribution in [0.2, 0.25) is 0 Å². The van der Waals surface area contributed by atoms with Crippen LogP contribution in [0, 0.1) is 0 Å². The van der Waals surface area contributed by atoms with E-state index < -0.39 is 5.43 Å². The van der Waals surface area contributed by atoms with Gasteiger partial charge in [-0.15, -0.1) is 12.4 Å². The summed E-state index contributed by atoms with van der Waals surface area (Å²) in [6.45, 7) is 0. The quantitative estimate of drug-likeness (QED) is 0.674. The highest BCUT2D eigenvalue weighted by Gasteiger charge is 2.37. The largest absolute Gasteiger partial charge is 0.450 e. The van der Waals surface area contributed by atoms with Gasteiger partial charge in [-0.05, 0) is 19.9 Å². The van der Waals surface area contributed by atoms with Crippen LogP contribution in [0.5, 0.6) is 0 Å². The molecule has 0 saturated carbocycles. The van der Waals surface area contributed by atoms with Crippen molar-refractivity contribution in [1.82, 2.24) is 4.90 Å². The molecule has 0 amide bonds. The number of nitrogens with zero attached hydrogens (tertiary/aromatic N) is 1. The van der Waals surface area contributed by atoms with Crippen LogP contribution in [0.15, 0.2) is 0 Å². The molecule has 2 bridgehead atoms. The second-order valence-electron chi connectivity index (χ2n) is 4.35. The van der Waals surface area contributed by atoms with Crippen molar-refractivity contribution in [3.8, 4) is 0 Å². The smallest absolute Gasteiger partial charge is 0.404 e. The van der Waals surface area contributed by atoms with Gasteiger partial charge in [0.15, 0.2) is 0 Å². The van der Waals surface area contributed by atoms with E-state index in [2.05, 4.69) is 11.9 Å². The average molecular weight is 254 g/mol. The maximum atomic E-state index is 10.6. The summed E-state index contributed by atoms with van der Waals surface area (Å²) in [7, 11) is 2.17. The van der Waals surface area contributed by atoms with Crippen molar-refractivity contribution in [3.05, 3.63) is 0 Å². The highest BCUT2D eigenvalue weighted by Crippen LogP contribution is 2.33. The SMILES string of the molecule is CN1[C@@H]2CCC[C@H]1C[C@H](OC(=O)Cl)C2.Cl. The maximum absolute atomic E-state index is 10.6. The number of hydrogen-bond acceptors (Lipinski definition) is 3. The van der Waals surface area contributed by atoms with E-state index in [0.717, 1.165) is 12.8 Å². The van der Waals surface area contributed by atoms with E-state index in [4.69, 9.17) is 16.3 Å². The van der Waals surface area contributed by atoms with E-state index in [-0.39, 0.29) is 18.5 Å². The number of halogens is 2. The molecule has 0 aliphatic carbocycles. The summed E-state index contributed by atoms with van der Waals surface area (Å²) in [6.07, 6.45) is 5.71. The van der Waals surface area contributed by atoms with Crippen molar-refractivity contribution >= 4 is 29.4 Å². The molecule has 0 N–H and O–H groups in total. The van der Waals surface area contributed by atoms with Crippen molar-refractivity contribution in [3.63, 3.8) is 0 Å². The first-order valence-electron chi connectivity index (χ1n) is 5.25. The average Bonchev–Trinajstić information content (AvgIpc) is 2.05. The van der Waals surface area contributed by atoms with Gasteiger partial charge in [0.05, 0.1) is 0 Å². The Hall–Kier alpha value is 0.01000. The Morgan fingerprint density at radius 2 is 1.87 bits per heavy atom. The summed E-state index contributed by atoms with van der Waals surface area (Å²) in [5, 5.41) is 0. The first kappa shape index (κ1) is 13.1. The molecule has 2 saturated heterocycles. The van der Waals surface area contributed by atoms with Gasteiger partial charge >= 0.3 is 5.43 Å². The lowest BCUT2D eigenvalue weighted by Gasteiger charge is -2.46. The fourth-order valence-electron chi connectivity index (χ4n) is 2.79. The molecule has 0 aromatic rings. The Bertz CT molecular complexity index is 223. The molecule has 3 atom stereocenters. The zero-order valence-corrected chi connectivity index (χ0v) is 10.4. The molecule has 2 aliphatic heterocycles. The van der Waals surface area contributed by atoms with Gasteiger partial charge in [-0.25, -0.2) is 4.79 Å². The normalized spacial score (nSPS) is 35.5. The Labute approximate surface area is 102 Å². The lowest BCUT2D eigenvalue weighted by Crippen LogP contribution is -2.51. The summed E-state index contributed by atoms with van der Waals surface area (Å²) < 4.78 is 5.08. The van der Waals surface area contributed by atoms with Crippen LogP contribution in [-0.4, -0.2) is 35.6 Å². The van der Waals surface area contributed by atoms with E-state index >= 15 is 0 Å². The molecule has 0 aromatic heterocycles. The topological polar surface area (TPSA) is 29.5 Å². The van der Waals surface area contributed by atoms with Crippen molar-refractivity contribution in [2.24, 2.45) is 0 Å². The van der Waals surface area contributed by atoms with Gasteiger partial charge in [0, 0.05) is 36.5 Å². The first-order valence-corrected chi connectivity index (χ1v) is 5.62. The van der Waals surface area contributed by atoms with Gasteiger partial charge in [-0.3, -0.25) is 0 Å². The third-order valence-electron chi connectivity index (χ3n) is 3.56. The van der Waals surface area contributed by atoms with E-state index in [1.165, 1.54) is 19.3 Å². The van der Waals surface area contributed by atoms with Gasteiger partial charge in [0.1, 0.15) is 6.10 Å². The predicted octanol–water partition coefficient (Wildman–Crippen LogP) is 2.80. The summed E-state index contributed by atoms with van der Waals surface area (Å²) >= 11 is 5.23. The molecule has 3 nitrogen and oxygen atoms in total. The molecule has 2 aliphatic rings. The fraction of sp³-hybridized carbons (Fsp3) is 0.900. The van der Waals surface area contributed by atoms with E-state index in [9.17, 15) is 4.79 Å². The molecule has 0 radical (unpaired) electrons.